The van der Waals surface area contributed by atoms with Gasteiger partial charge in [0, 0.05) is 17.5 Å². The summed E-state index contributed by atoms with van der Waals surface area (Å²) in [5.41, 5.74) is 1.69. The number of rotatable bonds is 4. The van der Waals surface area contributed by atoms with Gasteiger partial charge in [0.25, 0.3) is 5.91 Å². The van der Waals surface area contributed by atoms with Crippen molar-refractivity contribution in [1.29, 1.82) is 0 Å². The van der Waals surface area contributed by atoms with Crippen LogP contribution in [-0.2, 0) is 0 Å². The Morgan fingerprint density at radius 2 is 1.96 bits per heavy atom. The first-order chi connectivity index (χ1) is 12.7. The van der Waals surface area contributed by atoms with E-state index < -0.39 is 0 Å². The van der Waals surface area contributed by atoms with Crippen LogP contribution >= 0.6 is 0 Å². The van der Waals surface area contributed by atoms with E-state index in [4.69, 9.17) is 13.9 Å². The van der Waals surface area contributed by atoms with Gasteiger partial charge in [0.2, 0.25) is 0 Å². The van der Waals surface area contributed by atoms with Crippen LogP contribution in [0.1, 0.15) is 35.0 Å². The molecule has 0 aliphatic carbocycles. The summed E-state index contributed by atoms with van der Waals surface area (Å²) in [4.78, 5) is 15.0. The molecule has 5 nitrogen and oxygen atoms in total. The minimum atomic E-state index is -0.0893. The molecule has 1 atom stereocenters. The fraction of sp³-hybridized carbons (Fsp3) is 0.286. The topological polar surface area (TPSA) is 51.9 Å². The molecule has 1 fully saturated rings. The van der Waals surface area contributed by atoms with E-state index in [2.05, 4.69) is 0 Å². The number of likely N-dealkylation sites (tertiary alicyclic amines) is 1. The first-order valence-corrected chi connectivity index (χ1v) is 8.72. The predicted molar refractivity (Wildman–Crippen MR) is 98.8 cm³/mol. The van der Waals surface area contributed by atoms with Gasteiger partial charge in [-0.05, 0) is 43.2 Å². The van der Waals surface area contributed by atoms with Gasteiger partial charge in [-0.1, -0.05) is 18.2 Å². The zero-order valence-electron chi connectivity index (χ0n) is 14.9. The van der Waals surface area contributed by atoms with E-state index in [-0.39, 0.29) is 11.9 Å². The van der Waals surface area contributed by atoms with E-state index in [9.17, 15) is 4.79 Å². The minimum Gasteiger partial charge on any atom is -0.497 e. The summed E-state index contributed by atoms with van der Waals surface area (Å²) >= 11 is 0. The van der Waals surface area contributed by atoms with Gasteiger partial charge in [0.1, 0.15) is 17.1 Å². The van der Waals surface area contributed by atoms with E-state index in [0.717, 1.165) is 40.9 Å². The van der Waals surface area contributed by atoms with Crippen molar-refractivity contribution in [3.63, 3.8) is 0 Å². The predicted octanol–water partition coefficient (Wildman–Crippen LogP) is 4.43. The van der Waals surface area contributed by atoms with E-state index in [0.29, 0.717) is 12.3 Å². The summed E-state index contributed by atoms with van der Waals surface area (Å²) in [6, 6.07) is 15.1. The second-order valence-electron chi connectivity index (χ2n) is 6.41. The van der Waals surface area contributed by atoms with Crippen molar-refractivity contribution in [2.24, 2.45) is 0 Å². The Balaban J connectivity index is 1.69. The van der Waals surface area contributed by atoms with E-state index >= 15 is 0 Å². The molecule has 3 aromatic rings. The summed E-state index contributed by atoms with van der Waals surface area (Å²) in [6.07, 6.45) is 1.83. The van der Waals surface area contributed by atoms with Crippen LogP contribution < -0.4 is 9.47 Å². The molecule has 1 aliphatic rings. The Bertz CT molecular complexity index is 913. The number of furan rings is 1. The fourth-order valence-corrected chi connectivity index (χ4v) is 3.66. The monoisotopic (exact) mass is 351 g/mol. The Morgan fingerprint density at radius 3 is 2.73 bits per heavy atom. The maximum atomic E-state index is 13.1. The average molecular weight is 351 g/mol. The summed E-state index contributed by atoms with van der Waals surface area (Å²) in [5.74, 6) is 1.80. The summed E-state index contributed by atoms with van der Waals surface area (Å²) in [5, 5.41) is 0.936. The standard InChI is InChI=1S/C21H21NO4/c1-24-15-9-10-19(25-2)16(13-15)17-7-5-11-22(17)21(23)20-12-14-6-3-4-8-18(14)26-20/h3-4,6,8-10,12-13,17H,5,7,11H2,1-2H3/t17-/m0/s1. The fourth-order valence-electron chi connectivity index (χ4n) is 3.66. The van der Waals surface area contributed by atoms with E-state index in [1.54, 1.807) is 14.2 Å². The van der Waals surface area contributed by atoms with Crippen LogP contribution in [0.15, 0.2) is 52.9 Å². The van der Waals surface area contributed by atoms with Crippen molar-refractivity contribution in [2.75, 3.05) is 20.8 Å². The van der Waals surface area contributed by atoms with Crippen molar-refractivity contribution < 1.29 is 18.7 Å². The molecule has 5 heteroatoms. The number of carbonyl (C=O) groups is 1. The second kappa shape index (κ2) is 6.75. The number of nitrogens with zero attached hydrogens (tertiary/aromatic N) is 1. The Hall–Kier alpha value is -2.95. The molecule has 2 aromatic carbocycles. The van der Waals surface area contributed by atoms with Gasteiger partial charge in [-0.25, -0.2) is 0 Å². The molecule has 0 saturated carbocycles. The highest BCUT2D eigenvalue weighted by molar-refractivity contribution is 5.96. The molecule has 26 heavy (non-hydrogen) atoms. The van der Waals surface area contributed by atoms with Crippen molar-refractivity contribution in [3.05, 3.63) is 59.9 Å². The lowest BCUT2D eigenvalue weighted by Gasteiger charge is -2.26. The molecule has 1 saturated heterocycles. The number of para-hydroxylation sites is 1. The zero-order valence-corrected chi connectivity index (χ0v) is 14.9. The molecule has 134 valence electrons. The maximum absolute atomic E-state index is 13.1. The van der Waals surface area contributed by atoms with Crippen LogP contribution in [0.25, 0.3) is 11.0 Å². The maximum Gasteiger partial charge on any atom is 0.290 e. The Labute approximate surface area is 152 Å². The quantitative estimate of drug-likeness (QED) is 0.698. The van der Waals surface area contributed by atoms with Crippen LogP contribution in [0.4, 0.5) is 0 Å². The van der Waals surface area contributed by atoms with E-state index in [1.807, 2.05) is 53.4 Å². The molecule has 0 N–H and O–H groups in total. The average Bonchev–Trinajstić information content (AvgIpc) is 3.33. The third-order valence-electron chi connectivity index (χ3n) is 4.95. The Kier molecular flexibility index (Phi) is 4.29. The molecule has 1 aliphatic heterocycles. The number of amides is 1. The summed E-state index contributed by atoms with van der Waals surface area (Å²) < 4.78 is 16.7. The van der Waals surface area contributed by atoms with Crippen LogP contribution in [0.3, 0.4) is 0 Å². The number of fused-ring (bicyclic) bond motifs is 1. The molecule has 1 aromatic heterocycles. The van der Waals surface area contributed by atoms with Crippen LogP contribution in [0, 0.1) is 0 Å². The van der Waals surface area contributed by atoms with E-state index in [1.165, 1.54) is 0 Å². The largest absolute Gasteiger partial charge is 0.497 e. The summed E-state index contributed by atoms with van der Waals surface area (Å²) in [6.45, 7) is 0.695. The minimum absolute atomic E-state index is 0.0548. The number of ether oxygens (including phenoxy) is 2. The highest BCUT2D eigenvalue weighted by Gasteiger charge is 2.34. The Morgan fingerprint density at radius 1 is 1.12 bits per heavy atom. The van der Waals surface area contributed by atoms with Gasteiger partial charge < -0.3 is 18.8 Å². The van der Waals surface area contributed by atoms with Gasteiger partial charge in [0.15, 0.2) is 5.76 Å². The molecule has 0 unspecified atom stereocenters. The first kappa shape index (κ1) is 16.5. The second-order valence-corrected chi connectivity index (χ2v) is 6.41. The zero-order chi connectivity index (χ0) is 18.1. The number of benzene rings is 2. The lowest BCUT2D eigenvalue weighted by atomic mass is 10.0. The van der Waals surface area contributed by atoms with Crippen LogP contribution in [0.5, 0.6) is 11.5 Å². The van der Waals surface area contributed by atoms with Crippen molar-refractivity contribution >= 4 is 16.9 Å². The normalized spacial score (nSPS) is 16.8. The van der Waals surface area contributed by atoms with Crippen LogP contribution in [-0.4, -0.2) is 31.6 Å². The van der Waals surface area contributed by atoms with Crippen molar-refractivity contribution in [3.8, 4) is 11.5 Å². The molecular weight excluding hydrogens is 330 g/mol. The lowest BCUT2D eigenvalue weighted by molar-refractivity contribution is 0.0704. The number of methoxy groups -OCH3 is 2. The molecular formula is C21H21NO4. The highest BCUT2D eigenvalue weighted by atomic mass is 16.5. The van der Waals surface area contributed by atoms with Crippen molar-refractivity contribution in [2.45, 2.75) is 18.9 Å². The number of hydrogen-bond donors (Lipinski definition) is 0. The molecule has 0 bridgehead atoms. The van der Waals surface area contributed by atoms with Crippen LogP contribution in [0.2, 0.25) is 0 Å². The number of carbonyl (C=O) groups excluding carboxylic acids is 1. The first-order valence-electron chi connectivity index (χ1n) is 8.72. The van der Waals surface area contributed by atoms with Gasteiger partial charge in [0.05, 0.1) is 20.3 Å². The number of hydrogen-bond acceptors (Lipinski definition) is 4. The molecule has 0 spiro atoms. The molecule has 2 heterocycles. The van der Waals surface area contributed by atoms with Gasteiger partial charge in [-0.15, -0.1) is 0 Å². The SMILES string of the molecule is COc1ccc(OC)c([C@@H]2CCCN2C(=O)c2cc3ccccc3o2)c1. The van der Waals surface area contributed by atoms with Gasteiger partial charge >= 0.3 is 0 Å². The van der Waals surface area contributed by atoms with Crippen molar-refractivity contribution in [1.82, 2.24) is 4.90 Å². The molecule has 0 radical (unpaired) electrons. The molecule has 1 amide bonds. The third-order valence-corrected chi connectivity index (χ3v) is 4.95. The summed E-state index contributed by atoms with van der Waals surface area (Å²) in [7, 11) is 3.28. The molecule has 4 rings (SSSR count). The lowest BCUT2D eigenvalue weighted by Crippen LogP contribution is -2.30. The highest BCUT2D eigenvalue weighted by Crippen LogP contribution is 2.39. The third kappa shape index (κ3) is 2.79. The van der Waals surface area contributed by atoms with Gasteiger partial charge in [-0.2, -0.15) is 0 Å². The van der Waals surface area contributed by atoms with Gasteiger partial charge in [-0.3, -0.25) is 4.79 Å². The smallest absolute Gasteiger partial charge is 0.290 e.